The van der Waals surface area contributed by atoms with Gasteiger partial charge in [0.1, 0.15) is 11.6 Å². The molecule has 0 aliphatic carbocycles. The summed E-state index contributed by atoms with van der Waals surface area (Å²) in [6.07, 6.45) is 2.70. The molecular weight excluding hydrogens is 470 g/mol. The van der Waals surface area contributed by atoms with Crippen molar-refractivity contribution in [2.75, 3.05) is 20.2 Å². The zero-order valence-corrected chi connectivity index (χ0v) is 18.4. The fourth-order valence-electron chi connectivity index (χ4n) is 3.01. The molecule has 3 aromatic rings. The highest BCUT2D eigenvalue weighted by atomic mass is 127. The number of benzene rings is 2. The predicted molar refractivity (Wildman–Crippen MR) is 123 cm³/mol. The first-order valence-electron chi connectivity index (χ1n) is 9.11. The molecular formula is C21H26FIN4O. The molecule has 0 aliphatic heterocycles. The van der Waals surface area contributed by atoms with Crippen molar-refractivity contribution in [2.24, 2.45) is 4.99 Å². The van der Waals surface area contributed by atoms with E-state index in [2.05, 4.69) is 20.6 Å². The highest BCUT2D eigenvalue weighted by Crippen LogP contribution is 2.20. The Hall–Kier alpha value is -2.29. The van der Waals surface area contributed by atoms with Crippen molar-refractivity contribution in [3.63, 3.8) is 0 Å². The first kappa shape index (κ1) is 22.0. The van der Waals surface area contributed by atoms with Gasteiger partial charge in [-0.15, -0.1) is 24.0 Å². The minimum Gasteiger partial charge on any atom is -0.496 e. The summed E-state index contributed by atoms with van der Waals surface area (Å²) in [6, 6.07) is 12.7. The number of aliphatic imine (C=N–C) groups is 1. The van der Waals surface area contributed by atoms with Crippen LogP contribution in [0.3, 0.4) is 0 Å². The molecule has 3 N–H and O–H groups in total. The minimum absolute atomic E-state index is 0. The van der Waals surface area contributed by atoms with E-state index in [1.165, 1.54) is 6.07 Å². The van der Waals surface area contributed by atoms with E-state index in [0.717, 1.165) is 46.7 Å². The predicted octanol–water partition coefficient (Wildman–Crippen LogP) is 4.23. The molecule has 0 radical (unpaired) electrons. The topological polar surface area (TPSA) is 61.4 Å². The number of H-pyrrole nitrogens is 1. The molecule has 0 spiro atoms. The van der Waals surface area contributed by atoms with E-state index in [1.807, 2.05) is 37.4 Å². The monoisotopic (exact) mass is 496 g/mol. The average Bonchev–Trinajstić information content (AvgIpc) is 3.08. The Morgan fingerprint density at radius 2 is 1.96 bits per heavy atom. The maximum Gasteiger partial charge on any atom is 0.191 e. The van der Waals surface area contributed by atoms with Crippen LogP contribution in [0.25, 0.3) is 10.9 Å². The van der Waals surface area contributed by atoms with E-state index in [0.29, 0.717) is 13.1 Å². The standard InChI is InChI=1S/C21H25FN4O.HI/c1-3-23-21(26-14-16-6-4-5-7-20(16)27-2)24-11-10-15-13-25-19-9-8-17(22)12-18(15)19;/h4-9,12-13,25H,3,10-11,14H2,1-2H3,(H2,23,24,26);1H. The molecule has 0 atom stereocenters. The number of methoxy groups -OCH3 is 1. The quantitative estimate of drug-likeness (QED) is 0.261. The second kappa shape index (κ2) is 10.9. The van der Waals surface area contributed by atoms with Crippen LogP contribution >= 0.6 is 24.0 Å². The Balaban J connectivity index is 0.00000280. The summed E-state index contributed by atoms with van der Waals surface area (Å²) in [5.74, 6) is 1.36. The van der Waals surface area contributed by atoms with Crippen LogP contribution in [-0.2, 0) is 13.0 Å². The Morgan fingerprint density at radius 1 is 1.14 bits per heavy atom. The normalized spacial score (nSPS) is 11.2. The lowest BCUT2D eigenvalue weighted by atomic mass is 10.1. The third-order valence-electron chi connectivity index (χ3n) is 4.36. The van der Waals surface area contributed by atoms with Crippen molar-refractivity contribution >= 4 is 40.8 Å². The fraction of sp³-hybridized carbons (Fsp3) is 0.286. The average molecular weight is 496 g/mol. The molecule has 0 saturated heterocycles. The Labute approximate surface area is 181 Å². The smallest absolute Gasteiger partial charge is 0.191 e. The van der Waals surface area contributed by atoms with Crippen molar-refractivity contribution in [1.29, 1.82) is 0 Å². The number of hydrogen-bond acceptors (Lipinski definition) is 2. The summed E-state index contributed by atoms with van der Waals surface area (Å²) in [6.45, 7) is 4.03. The van der Waals surface area contributed by atoms with Gasteiger partial charge in [-0.1, -0.05) is 18.2 Å². The summed E-state index contributed by atoms with van der Waals surface area (Å²) >= 11 is 0. The van der Waals surface area contributed by atoms with E-state index < -0.39 is 0 Å². The van der Waals surface area contributed by atoms with Crippen LogP contribution in [0.1, 0.15) is 18.1 Å². The van der Waals surface area contributed by atoms with Gasteiger partial charge in [0.05, 0.1) is 13.7 Å². The summed E-state index contributed by atoms with van der Waals surface area (Å²) in [5, 5.41) is 7.51. The molecule has 0 saturated carbocycles. The third-order valence-corrected chi connectivity index (χ3v) is 4.36. The SMILES string of the molecule is CCNC(=NCc1ccccc1OC)NCCc1c[nH]c2ccc(F)cc12.I. The van der Waals surface area contributed by atoms with Gasteiger partial charge in [-0.05, 0) is 43.2 Å². The lowest BCUT2D eigenvalue weighted by molar-refractivity contribution is 0.410. The summed E-state index contributed by atoms with van der Waals surface area (Å²) in [7, 11) is 1.66. The molecule has 0 unspecified atom stereocenters. The number of aromatic amines is 1. The summed E-state index contributed by atoms with van der Waals surface area (Å²) in [5.41, 5.74) is 3.06. The van der Waals surface area contributed by atoms with E-state index in [9.17, 15) is 4.39 Å². The molecule has 28 heavy (non-hydrogen) atoms. The number of halogens is 2. The van der Waals surface area contributed by atoms with E-state index in [4.69, 9.17) is 4.74 Å². The molecule has 150 valence electrons. The van der Waals surface area contributed by atoms with Crippen molar-refractivity contribution in [2.45, 2.75) is 19.9 Å². The molecule has 0 fully saturated rings. The van der Waals surface area contributed by atoms with Crippen LogP contribution in [0.4, 0.5) is 4.39 Å². The van der Waals surface area contributed by atoms with Crippen LogP contribution in [0.15, 0.2) is 53.7 Å². The molecule has 1 aromatic heterocycles. The second-order valence-corrected chi connectivity index (χ2v) is 6.19. The van der Waals surface area contributed by atoms with Crippen molar-refractivity contribution in [3.8, 4) is 5.75 Å². The second-order valence-electron chi connectivity index (χ2n) is 6.19. The number of rotatable bonds is 7. The first-order valence-corrected chi connectivity index (χ1v) is 9.11. The molecule has 0 aliphatic rings. The number of aromatic nitrogens is 1. The Kier molecular flexibility index (Phi) is 8.56. The van der Waals surface area contributed by atoms with E-state index >= 15 is 0 Å². The van der Waals surface area contributed by atoms with Crippen molar-refractivity contribution < 1.29 is 9.13 Å². The minimum atomic E-state index is -0.219. The van der Waals surface area contributed by atoms with Gasteiger partial charge in [0.15, 0.2) is 5.96 Å². The maximum absolute atomic E-state index is 13.5. The molecule has 7 heteroatoms. The lowest BCUT2D eigenvalue weighted by Gasteiger charge is -2.12. The van der Waals surface area contributed by atoms with Crippen molar-refractivity contribution in [3.05, 3.63) is 65.6 Å². The third kappa shape index (κ3) is 5.60. The fourth-order valence-corrected chi connectivity index (χ4v) is 3.01. The summed E-state index contributed by atoms with van der Waals surface area (Å²) < 4.78 is 18.9. The maximum atomic E-state index is 13.5. The molecule has 0 bridgehead atoms. The molecule has 0 amide bonds. The van der Waals surface area contributed by atoms with Crippen LogP contribution < -0.4 is 15.4 Å². The number of fused-ring (bicyclic) bond motifs is 1. The van der Waals surface area contributed by atoms with Gasteiger partial charge in [0.2, 0.25) is 0 Å². The Bertz CT molecular complexity index is 926. The number of hydrogen-bond donors (Lipinski definition) is 3. The number of nitrogens with zero attached hydrogens (tertiary/aromatic N) is 1. The number of nitrogens with one attached hydrogen (secondary N) is 3. The molecule has 3 rings (SSSR count). The van der Waals surface area contributed by atoms with Crippen LogP contribution in [0.2, 0.25) is 0 Å². The number of ether oxygens (including phenoxy) is 1. The van der Waals surface area contributed by atoms with Gasteiger partial charge >= 0.3 is 0 Å². The highest BCUT2D eigenvalue weighted by Gasteiger charge is 2.06. The van der Waals surface area contributed by atoms with Gasteiger partial charge in [-0.2, -0.15) is 0 Å². The van der Waals surface area contributed by atoms with Gasteiger partial charge < -0.3 is 20.4 Å². The van der Waals surface area contributed by atoms with Crippen LogP contribution in [-0.4, -0.2) is 31.1 Å². The van der Waals surface area contributed by atoms with Gasteiger partial charge in [0.25, 0.3) is 0 Å². The zero-order valence-electron chi connectivity index (χ0n) is 16.1. The number of para-hydroxylation sites is 1. The van der Waals surface area contributed by atoms with Crippen LogP contribution in [0.5, 0.6) is 5.75 Å². The van der Waals surface area contributed by atoms with E-state index in [-0.39, 0.29) is 29.8 Å². The lowest BCUT2D eigenvalue weighted by Crippen LogP contribution is -2.38. The van der Waals surface area contributed by atoms with E-state index in [1.54, 1.807) is 19.2 Å². The highest BCUT2D eigenvalue weighted by molar-refractivity contribution is 14.0. The zero-order chi connectivity index (χ0) is 19.1. The van der Waals surface area contributed by atoms with Gasteiger partial charge in [0, 0.05) is 35.8 Å². The molecule has 2 aromatic carbocycles. The first-order chi connectivity index (χ1) is 13.2. The molecule has 1 heterocycles. The summed E-state index contributed by atoms with van der Waals surface area (Å²) in [4.78, 5) is 7.82. The van der Waals surface area contributed by atoms with Crippen molar-refractivity contribution in [1.82, 2.24) is 15.6 Å². The van der Waals surface area contributed by atoms with Gasteiger partial charge in [-0.25, -0.2) is 9.38 Å². The Morgan fingerprint density at radius 3 is 2.75 bits per heavy atom. The van der Waals surface area contributed by atoms with Gasteiger partial charge in [-0.3, -0.25) is 0 Å². The largest absolute Gasteiger partial charge is 0.496 e. The molecule has 5 nitrogen and oxygen atoms in total. The number of guanidine groups is 1. The van der Waals surface area contributed by atoms with Crippen LogP contribution in [0, 0.1) is 5.82 Å².